The van der Waals surface area contributed by atoms with Crippen LogP contribution in [0.3, 0.4) is 0 Å². The molecule has 0 aliphatic rings. The normalized spacial score (nSPS) is 11.1. The molecule has 2 aromatic carbocycles. The zero-order chi connectivity index (χ0) is 8.67. The molecular formula is C12H6O. The Morgan fingerprint density at radius 1 is 0.846 bits per heavy atom. The number of furan rings is 1. The molecule has 0 saturated heterocycles. The van der Waals surface area contributed by atoms with E-state index in [9.17, 15) is 0 Å². The second kappa shape index (κ2) is 2.36. The lowest BCUT2D eigenvalue weighted by molar-refractivity contribution is 0.669. The molecule has 60 valence electrons. The summed E-state index contributed by atoms with van der Waals surface area (Å²) >= 11 is 0. The lowest BCUT2D eigenvalue weighted by atomic mass is 10.2. The molecule has 0 unspecified atom stereocenters. The van der Waals surface area contributed by atoms with Crippen molar-refractivity contribution in [2.75, 3.05) is 0 Å². The van der Waals surface area contributed by atoms with E-state index in [1.807, 2.05) is 36.4 Å². The maximum absolute atomic E-state index is 5.61. The first kappa shape index (κ1) is 6.72. The highest BCUT2D eigenvalue weighted by Gasteiger charge is 2.03. The van der Waals surface area contributed by atoms with Crippen LogP contribution in [0.2, 0.25) is 0 Å². The fourth-order valence-electron chi connectivity index (χ4n) is 1.55. The maximum atomic E-state index is 5.61. The van der Waals surface area contributed by atoms with Gasteiger partial charge in [-0.2, -0.15) is 0 Å². The van der Waals surface area contributed by atoms with Crippen LogP contribution in [0, 0.1) is 12.1 Å². The number of benzene rings is 2. The summed E-state index contributed by atoms with van der Waals surface area (Å²) in [6.45, 7) is 0. The molecule has 1 heterocycles. The standard InChI is InChI=1S/C12H6O/c1-3-7-11-9(5-1)10-6-2-4-8-12(10)13-11/h3-8H. The van der Waals surface area contributed by atoms with Gasteiger partial charge in [0.2, 0.25) is 0 Å². The van der Waals surface area contributed by atoms with E-state index >= 15 is 0 Å². The molecule has 1 aromatic heterocycles. The van der Waals surface area contributed by atoms with Gasteiger partial charge in [0.15, 0.2) is 0 Å². The first-order valence-corrected chi connectivity index (χ1v) is 4.13. The molecule has 0 bridgehead atoms. The summed E-state index contributed by atoms with van der Waals surface area (Å²) in [7, 11) is 0. The van der Waals surface area contributed by atoms with Gasteiger partial charge >= 0.3 is 0 Å². The summed E-state index contributed by atoms with van der Waals surface area (Å²) in [6.07, 6.45) is 0. The SMILES string of the molecule is [c]1ccc2oc3cc[c]cc3c2c1. The van der Waals surface area contributed by atoms with Crippen molar-refractivity contribution in [3.05, 3.63) is 48.5 Å². The molecule has 0 aliphatic carbocycles. The average Bonchev–Trinajstić information content (AvgIpc) is 2.56. The highest BCUT2D eigenvalue weighted by molar-refractivity contribution is 6.04. The predicted molar refractivity (Wildman–Crippen MR) is 51.4 cm³/mol. The number of hydrogen-bond donors (Lipinski definition) is 0. The van der Waals surface area contributed by atoms with Crippen LogP contribution in [0.25, 0.3) is 21.9 Å². The highest BCUT2D eigenvalue weighted by Crippen LogP contribution is 2.27. The van der Waals surface area contributed by atoms with Gasteiger partial charge in [-0.25, -0.2) is 0 Å². The van der Waals surface area contributed by atoms with E-state index in [4.69, 9.17) is 4.42 Å². The van der Waals surface area contributed by atoms with E-state index in [1.165, 1.54) is 0 Å². The highest BCUT2D eigenvalue weighted by atomic mass is 16.3. The van der Waals surface area contributed by atoms with Crippen LogP contribution in [-0.2, 0) is 0 Å². The average molecular weight is 166 g/mol. The molecule has 0 fully saturated rings. The molecule has 0 N–H and O–H groups in total. The van der Waals surface area contributed by atoms with E-state index in [1.54, 1.807) is 0 Å². The Bertz CT molecular complexity index is 513. The topological polar surface area (TPSA) is 13.1 Å². The Morgan fingerprint density at radius 2 is 1.38 bits per heavy atom. The summed E-state index contributed by atoms with van der Waals surface area (Å²) < 4.78 is 5.61. The predicted octanol–water partition coefficient (Wildman–Crippen LogP) is 3.19. The lowest BCUT2D eigenvalue weighted by Gasteiger charge is -1.84. The molecule has 0 spiro atoms. The maximum Gasteiger partial charge on any atom is 0.135 e. The van der Waals surface area contributed by atoms with Gasteiger partial charge in [-0.15, -0.1) is 0 Å². The Kier molecular flexibility index (Phi) is 1.22. The monoisotopic (exact) mass is 166 g/mol. The van der Waals surface area contributed by atoms with Crippen molar-refractivity contribution in [3.63, 3.8) is 0 Å². The van der Waals surface area contributed by atoms with Crippen molar-refractivity contribution in [3.8, 4) is 0 Å². The molecular weight excluding hydrogens is 160 g/mol. The fourth-order valence-corrected chi connectivity index (χ4v) is 1.55. The first-order chi connectivity index (χ1) is 6.45. The van der Waals surface area contributed by atoms with Crippen LogP contribution >= 0.6 is 0 Å². The van der Waals surface area contributed by atoms with Crippen LogP contribution in [0.15, 0.2) is 40.8 Å². The Labute approximate surface area is 75.6 Å². The molecule has 2 radical (unpaired) electrons. The third-order valence-corrected chi connectivity index (χ3v) is 2.16. The molecule has 13 heavy (non-hydrogen) atoms. The van der Waals surface area contributed by atoms with Crippen LogP contribution in [0.5, 0.6) is 0 Å². The summed E-state index contributed by atoms with van der Waals surface area (Å²) in [4.78, 5) is 0. The van der Waals surface area contributed by atoms with Gasteiger partial charge in [-0.05, 0) is 36.4 Å². The molecule has 0 atom stereocenters. The largest absolute Gasteiger partial charge is 0.456 e. The van der Waals surface area contributed by atoms with Gasteiger partial charge in [-0.1, -0.05) is 12.1 Å². The van der Waals surface area contributed by atoms with Crippen LogP contribution in [0.1, 0.15) is 0 Å². The fraction of sp³-hybridized carbons (Fsp3) is 0. The lowest BCUT2D eigenvalue weighted by Crippen LogP contribution is -1.63. The van der Waals surface area contributed by atoms with Gasteiger partial charge in [0, 0.05) is 10.8 Å². The molecule has 3 rings (SSSR count). The Balaban J connectivity index is 2.64. The quantitative estimate of drug-likeness (QED) is 0.500. The minimum atomic E-state index is 0.911. The molecule has 3 aromatic rings. The van der Waals surface area contributed by atoms with E-state index < -0.39 is 0 Å². The number of hydrogen-bond acceptors (Lipinski definition) is 1. The van der Waals surface area contributed by atoms with Gasteiger partial charge in [0.1, 0.15) is 11.2 Å². The minimum absolute atomic E-state index is 0.911. The van der Waals surface area contributed by atoms with Crippen molar-refractivity contribution < 1.29 is 4.42 Å². The van der Waals surface area contributed by atoms with Gasteiger partial charge < -0.3 is 4.42 Å². The zero-order valence-electron chi connectivity index (χ0n) is 6.87. The minimum Gasteiger partial charge on any atom is -0.456 e. The van der Waals surface area contributed by atoms with Crippen molar-refractivity contribution in [1.29, 1.82) is 0 Å². The van der Waals surface area contributed by atoms with Crippen LogP contribution in [-0.4, -0.2) is 0 Å². The van der Waals surface area contributed by atoms with Gasteiger partial charge in [0.05, 0.1) is 0 Å². The van der Waals surface area contributed by atoms with E-state index in [2.05, 4.69) is 12.1 Å². The first-order valence-electron chi connectivity index (χ1n) is 4.13. The van der Waals surface area contributed by atoms with E-state index in [-0.39, 0.29) is 0 Å². The van der Waals surface area contributed by atoms with Crippen molar-refractivity contribution >= 4 is 21.9 Å². The summed E-state index contributed by atoms with van der Waals surface area (Å²) in [6, 6.07) is 17.5. The molecule has 1 heteroatoms. The summed E-state index contributed by atoms with van der Waals surface area (Å²) in [5.74, 6) is 0. The molecule has 1 nitrogen and oxygen atoms in total. The second-order valence-corrected chi connectivity index (χ2v) is 2.95. The van der Waals surface area contributed by atoms with Gasteiger partial charge in [0.25, 0.3) is 0 Å². The molecule has 0 saturated carbocycles. The van der Waals surface area contributed by atoms with Crippen LogP contribution in [0.4, 0.5) is 0 Å². The Morgan fingerprint density at radius 3 is 1.92 bits per heavy atom. The summed E-state index contributed by atoms with van der Waals surface area (Å²) in [5.41, 5.74) is 1.82. The smallest absolute Gasteiger partial charge is 0.135 e. The molecule has 0 aliphatic heterocycles. The third kappa shape index (κ3) is 0.872. The molecule has 0 amide bonds. The van der Waals surface area contributed by atoms with Crippen molar-refractivity contribution in [2.45, 2.75) is 0 Å². The number of rotatable bonds is 0. The van der Waals surface area contributed by atoms with Crippen molar-refractivity contribution in [1.82, 2.24) is 0 Å². The van der Waals surface area contributed by atoms with E-state index in [0.717, 1.165) is 21.9 Å². The van der Waals surface area contributed by atoms with E-state index in [0.29, 0.717) is 0 Å². The van der Waals surface area contributed by atoms with Crippen molar-refractivity contribution in [2.24, 2.45) is 0 Å². The van der Waals surface area contributed by atoms with Gasteiger partial charge in [-0.3, -0.25) is 0 Å². The Hall–Kier alpha value is -1.76. The second-order valence-electron chi connectivity index (χ2n) is 2.95. The van der Waals surface area contributed by atoms with Crippen LogP contribution < -0.4 is 0 Å². The summed E-state index contributed by atoms with van der Waals surface area (Å²) in [5, 5.41) is 2.21. The zero-order valence-corrected chi connectivity index (χ0v) is 6.87. The third-order valence-electron chi connectivity index (χ3n) is 2.16. The number of fused-ring (bicyclic) bond motifs is 3.